The monoisotopic (exact) mass is 364 g/mol. The SMILES string of the molecule is CN(C)[C@H](CNC(=O)c1cccc(S(C)(=O)=O)c1)c1cccc(F)c1. The number of likely N-dealkylation sites (N-methyl/N-ethyl adjacent to an activating group) is 1. The lowest BCUT2D eigenvalue weighted by Crippen LogP contribution is -2.34. The summed E-state index contributed by atoms with van der Waals surface area (Å²) in [6, 6.07) is 11.9. The average molecular weight is 364 g/mol. The van der Waals surface area contributed by atoms with Crippen LogP contribution in [0.5, 0.6) is 0 Å². The minimum absolute atomic E-state index is 0.0921. The predicted molar refractivity (Wildman–Crippen MR) is 94.7 cm³/mol. The van der Waals surface area contributed by atoms with E-state index in [1.54, 1.807) is 18.2 Å². The molecule has 1 amide bonds. The second kappa shape index (κ2) is 7.76. The van der Waals surface area contributed by atoms with Crippen molar-refractivity contribution in [2.75, 3.05) is 26.9 Å². The van der Waals surface area contributed by atoms with Crippen molar-refractivity contribution in [2.24, 2.45) is 0 Å². The fourth-order valence-corrected chi connectivity index (χ4v) is 3.14. The van der Waals surface area contributed by atoms with Crippen LogP contribution in [0.25, 0.3) is 0 Å². The standard InChI is InChI=1S/C18H21FN2O3S/c1-21(2)17(13-6-4-8-15(19)10-13)12-20-18(22)14-7-5-9-16(11-14)25(3,23)24/h4-11,17H,12H2,1-3H3,(H,20,22)/t17-/m1/s1. The number of hydrogen-bond acceptors (Lipinski definition) is 4. The van der Waals surface area contributed by atoms with E-state index in [4.69, 9.17) is 0 Å². The van der Waals surface area contributed by atoms with Crippen LogP contribution in [0.2, 0.25) is 0 Å². The molecule has 7 heteroatoms. The van der Waals surface area contributed by atoms with Crippen molar-refractivity contribution in [1.29, 1.82) is 0 Å². The molecule has 5 nitrogen and oxygen atoms in total. The fourth-order valence-electron chi connectivity index (χ4n) is 2.47. The number of amides is 1. The molecule has 2 aromatic rings. The molecule has 0 saturated carbocycles. The number of hydrogen-bond donors (Lipinski definition) is 1. The number of carbonyl (C=O) groups excluding carboxylic acids is 1. The minimum Gasteiger partial charge on any atom is -0.350 e. The van der Waals surface area contributed by atoms with Crippen LogP contribution in [-0.4, -0.2) is 46.1 Å². The molecule has 25 heavy (non-hydrogen) atoms. The molecule has 1 atom stereocenters. The molecule has 0 saturated heterocycles. The van der Waals surface area contributed by atoms with E-state index in [0.29, 0.717) is 0 Å². The van der Waals surface area contributed by atoms with Gasteiger partial charge in [-0.3, -0.25) is 4.79 Å². The van der Waals surface area contributed by atoms with Crippen LogP contribution in [0.15, 0.2) is 53.4 Å². The van der Waals surface area contributed by atoms with Crippen molar-refractivity contribution in [3.63, 3.8) is 0 Å². The largest absolute Gasteiger partial charge is 0.350 e. The van der Waals surface area contributed by atoms with E-state index >= 15 is 0 Å². The molecule has 1 N–H and O–H groups in total. The highest BCUT2D eigenvalue weighted by Gasteiger charge is 2.17. The molecular weight excluding hydrogens is 343 g/mol. The average Bonchev–Trinajstić information content (AvgIpc) is 2.54. The summed E-state index contributed by atoms with van der Waals surface area (Å²) in [5.74, 6) is -0.717. The van der Waals surface area contributed by atoms with Gasteiger partial charge in [-0.25, -0.2) is 12.8 Å². The molecule has 134 valence electrons. The number of halogens is 1. The molecule has 0 unspecified atom stereocenters. The van der Waals surface area contributed by atoms with Crippen molar-refractivity contribution in [3.8, 4) is 0 Å². The van der Waals surface area contributed by atoms with Crippen LogP contribution in [0, 0.1) is 5.82 Å². The van der Waals surface area contributed by atoms with Crippen LogP contribution in [0.4, 0.5) is 4.39 Å². The first-order valence-electron chi connectivity index (χ1n) is 7.68. The molecule has 0 spiro atoms. The molecule has 0 fully saturated rings. The Bertz CT molecular complexity index is 866. The number of sulfone groups is 1. The maximum atomic E-state index is 13.4. The Morgan fingerprint density at radius 1 is 1.16 bits per heavy atom. The third-order valence-corrected chi connectivity index (χ3v) is 4.95. The van der Waals surface area contributed by atoms with Gasteiger partial charge in [0.1, 0.15) is 5.82 Å². The second-order valence-corrected chi connectivity index (χ2v) is 8.06. The Hall–Kier alpha value is -2.25. The van der Waals surface area contributed by atoms with Gasteiger partial charge in [-0.15, -0.1) is 0 Å². The number of carbonyl (C=O) groups is 1. The highest BCUT2D eigenvalue weighted by Crippen LogP contribution is 2.18. The number of nitrogens with zero attached hydrogens (tertiary/aromatic N) is 1. The minimum atomic E-state index is -3.38. The first kappa shape index (κ1) is 19.1. The summed E-state index contributed by atoms with van der Waals surface area (Å²) in [5.41, 5.74) is 1.01. The Morgan fingerprint density at radius 3 is 2.44 bits per heavy atom. The van der Waals surface area contributed by atoms with Crippen molar-refractivity contribution in [3.05, 3.63) is 65.5 Å². The van der Waals surface area contributed by atoms with Gasteiger partial charge in [0.15, 0.2) is 9.84 Å². The highest BCUT2D eigenvalue weighted by atomic mass is 32.2. The third kappa shape index (κ3) is 5.11. The van der Waals surface area contributed by atoms with E-state index in [-0.39, 0.29) is 34.8 Å². The van der Waals surface area contributed by atoms with Crippen LogP contribution in [0.3, 0.4) is 0 Å². The zero-order valence-electron chi connectivity index (χ0n) is 14.4. The molecule has 0 aliphatic rings. The lowest BCUT2D eigenvalue weighted by atomic mass is 10.1. The third-order valence-electron chi connectivity index (χ3n) is 3.84. The van der Waals surface area contributed by atoms with Gasteiger partial charge in [-0.05, 0) is 50.0 Å². The van der Waals surface area contributed by atoms with Crippen LogP contribution in [0.1, 0.15) is 22.0 Å². The molecular formula is C18H21FN2O3S. The predicted octanol–water partition coefficient (Wildman–Crippen LogP) is 2.26. The van der Waals surface area contributed by atoms with E-state index < -0.39 is 9.84 Å². The quantitative estimate of drug-likeness (QED) is 0.854. The zero-order chi connectivity index (χ0) is 18.6. The second-order valence-electron chi connectivity index (χ2n) is 6.04. The molecule has 2 aromatic carbocycles. The van der Waals surface area contributed by atoms with Gasteiger partial charge in [0.05, 0.1) is 10.9 Å². The van der Waals surface area contributed by atoms with Gasteiger partial charge in [0.25, 0.3) is 5.91 Å². The van der Waals surface area contributed by atoms with Gasteiger partial charge in [-0.2, -0.15) is 0 Å². The molecule has 0 heterocycles. The Kier molecular flexibility index (Phi) is 5.92. The lowest BCUT2D eigenvalue weighted by Gasteiger charge is -2.25. The van der Waals surface area contributed by atoms with Gasteiger partial charge >= 0.3 is 0 Å². The topological polar surface area (TPSA) is 66.5 Å². The summed E-state index contributed by atoms with van der Waals surface area (Å²) >= 11 is 0. The number of benzene rings is 2. The van der Waals surface area contributed by atoms with E-state index in [1.807, 2.05) is 19.0 Å². The molecule has 0 aliphatic heterocycles. The van der Waals surface area contributed by atoms with Gasteiger partial charge in [0.2, 0.25) is 0 Å². The molecule has 0 aliphatic carbocycles. The van der Waals surface area contributed by atoms with Crippen molar-refractivity contribution in [1.82, 2.24) is 10.2 Å². The normalized spacial score (nSPS) is 12.8. The van der Waals surface area contributed by atoms with Gasteiger partial charge < -0.3 is 10.2 Å². The zero-order valence-corrected chi connectivity index (χ0v) is 15.2. The van der Waals surface area contributed by atoms with Crippen LogP contribution < -0.4 is 5.32 Å². The molecule has 2 rings (SSSR count). The number of nitrogens with one attached hydrogen (secondary N) is 1. The van der Waals surface area contributed by atoms with Gasteiger partial charge in [-0.1, -0.05) is 18.2 Å². The summed E-state index contributed by atoms with van der Waals surface area (Å²) in [7, 11) is 0.297. The van der Waals surface area contributed by atoms with Crippen LogP contribution in [-0.2, 0) is 9.84 Å². The van der Waals surface area contributed by atoms with E-state index in [0.717, 1.165) is 11.8 Å². The van der Waals surface area contributed by atoms with Crippen LogP contribution >= 0.6 is 0 Å². The summed E-state index contributed by atoms with van der Waals surface area (Å²) in [4.78, 5) is 14.3. The number of rotatable bonds is 6. The van der Waals surface area contributed by atoms with E-state index in [1.165, 1.54) is 30.3 Å². The smallest absolute Gasteiger partial charge is 0.251 e. The van der Waals surface area contributed by atoms with E-state index in [2.05, 4.69) is 5.32 Å². The summed E-state index contributed by atoms with van der Waals surface area (Å²) in [6.07, 6.45) is 1.09. The Balaban J connectivity index is 2.14. The maximum Gasteiger partial charge on any atom is 0.251 e. The first-order valence-corrected chi connectivity index (χ1v) is 9.58. The Labute approximate surface area is 147 Å². The van der Waals surface area contributed by atoms with Crippen molar-refractivity contribution in [2.45, 2.75) is 10.9 Å². The molecule has 0 bridgehead atoms. The summed E-state index contributed by atoms with van der Waals surface area (Å²) < 4.78 is 36.7. The van der Waals surface area contributed by atoms with E-state index in [9.17, 15) is 17.6 Å². The lowest BCUT2D eigenvalue weighted by molar-refractivity contribution is 0.0941. The van der Waals surface area contributed by atoms with Crippen molar-refractivity contribution >= 4 is 15.7 Å². The molecule has 0 aromatic heterocycles. The van der Waals surface area contributed by atoms with Crippen molar-refractivity contribution < 1.29 is 17.6 Å². The fraction of sp³-hybridized carbons (Fsp3) is 0.278. The first-order chi connectivity index (χ1) is 11.7. The summed E-state index contributed by atoms with van der Waals surface area (Å²) in [6.45, 7) is 0.262. The highest BCUT2D eigenvalue weighted by molar-refractivity contribution is 7.90. The maximum absolute atomic E-state index is 13.4. The Morgan fingerprint density at radius 2 is 1.84 bits per heavy atom. The van der Waals surface area contributed by atoms with Gasteiger partial charge in [0, 0.05) is 18.4 Å². The molecule has 0 radical (unpaired) electrons. The summed E-state index contributed by atoms with van der Waals surface area (Å²) in [5, 5.41) is 2.78.